The second-order valence-electron chi connectivity index (χ2n) is 4.24. The van der Waals surface area contributed by atoms with Crippen molar-refractivity contribution in [2.75, 3.05) is 5.73 Å². The average molecular weight is 383 g/mol. The van der Waals surface area contributed by atoms with Gasteiger partial charge in [-0.05, 0) is 19.1 Å². The highest BCUT2D eigenvalue weighted by Crippen LogP contribution is 2.32. The number of nitrogen functional groups attached to an aromatic ring is 1. The minimum Gasteiger partial charge on any atom is -0.375 e. The number of thiazole rings is 1. The van der Waals surface area contributed by atoms with Gasteiger partial charge in [0.1, 0.15) is 0 Å². The lowest BCUT2D eigenvalue weighted by molar-refractivity contribution is 0.391. The summed E-state index contributed by atoms with van der Waals surface area (Å²) in [6, 6.07) is 7.79. The van der Waals surface area contributed by atoms with Crippen molar-refractivity contribution in [3.05, 3.63) is 40.3 Å². The van der Waals surface area contributed by atoms with Gasteiger partial charge in [-0.2, -0.15) is 4.98 Å². The number of nitrogens with zero attached hydrogens (tertiary/aromatic N) is 3. The molecule has 108 valence electrons. The van der Waals surface area contributed by atoms with Crippen molar-refractivity contribution in [3.63, 3.8) is 0 Å². The number of halogens is 1. The zero-order valence-corrected chi connectivity index (χ0v) is 14.3. The summed E-state index contributed by atoms with van der Waals surface area (Å²) in [5.41, 5.74) is 7.54. The molecule has 21 heavy (non-hydrogen) atoms. The van der Waals surface area contributed by atoms with Gasteiger partial charge in [-0.3, -0.25) is 0 Å². The summed E-state index contributed by atoms with van der Waals surface area (Å²) in [7, 11) is 0. The highest BCUT2D eigenvalue weighted by atomic mass is 79.9. The number of hydrogen-bond acceptors (Lipinski definition) is 7. The maximum absolute atomic E-state index is 5.68. The number of rotatable bonds is 4. The topological polar surface area (TPSA) is 77.8 Å². The predicted octanol–water partition coefficient (Wildman–Crippen LogP) is 4.14. The molecule has 0 aliphatic rings. The van der Waals surface area contributed by atoms with Crippen LogP contribution in [0.3, 0.4) is 0 Å². The lowest BCUT2D eigenvalue weighted by Gasteiger charge is -1.95. The zero-order chi connectivity index (χ0) is 14.8. The Balaban J connectivity index is 1.72. The Bertz CT molecular complexity index is 771. The first-order valence-electron chi connectivity index (χ1n) is 6.06. The summed E-state index contributed by atoms with van der Waals surface area (Å²) in [6.07, 6.45) is 0. The summed E-state index contributed by atoms with van der Waals surface area (Å²) in [4.78, 5) is 8.60. The van der Waals surface area contributed by atoms with Gasteiger partial charge in [-0.1, -0.05) is 44.6 Å². The fourth-order valence-corrected chi connectivity index (χ4v) is 3.98. The Morgan fingerprint density at radius 1 is 1.38 bits per heavy atom. The van der Waals surface area contributed by atoms with E-state index in [1.54, 1.807) is 11.8 Å². The molecule has 0 aliphatic heterocycles. The maximum atomic E-state index is 5.68. The normalized spacial score (nSPS) is 11.0. The van der Waals surface area contributed by atoms with Crippen LogP contribution in [0.2, 0.25) is 0 Å². The second kappa shape index (κ2) is 6.17. The monoisotopic (exact) mass is 382 g/mol. The molecule has 0 fully saturated rings. The first-order chi connectivity index (χ1) is 10.1. The van der Waals surface area contributed by atoms with Crippen molar-refractivity contribution in [2.45, 2.75) is 16.9 Å². The molecule has 3 rings (SSSR count). The third-order valence-electron chi connectivity index (χ3n) is 2.65. The molecule has 0 spiro atoms. The Morgan fingerprint density at radius 2 is 2.24 bits per heavy atom. The van der Waals surface area contributed by atoms with Crippen LogP contribution in [-0.2, 0) is 5.75 Å². The van der Waals surface area contributed by atoms with Crippen LogP contribution in [0.1, 0.15) is 11.6 Å². The summed E-state index contributed by atoms with van der Waals surface area (Å²) < 4.78 is 7.34. The van der Waals surface area contributed by atoms with Gasteiger partial charge >= 0.3 is 0 Å². The molecular formula is C13H11BrN4OS2. The van der Waals surface area contributed by atoms with Gasteiger partial charge in [0.2, 0.25) is 11.7 Å². The van der Waals surface area contributed by atoms with Crippen molar-refractivity contribution in [1.82, 2.24) is 15.1 Å². The molecule has 2 heterocycles. The van der Waals surface area contributed by atoms with Crippen LogP contribution in [0, 0.1) is 6.92 Å². The number of nitrogens with two attached hydrogens (primary N) is 1. The van der Waals surface area contributed by atoms with Gasteiger partial charge in [-0.15, -0.1) is 11.8 Å². The predicted molar refractivity (Wildman–Crippen MR) is 88.3 cm³/mol. The van der Waals surface area contributed by atoms with E-state index in [0.29, 0.717) is 22.6 Å². The van der Waals surface area contributed by atoms with Gasteiger partial charge in [-0.25, -0.2) is 4.98 Å². The van der Waals surface area contributed by atoms with E-state index in [0.717, 1.165) is 19.9 Å². The number of benzene rings is 1. The minimum absolute atomic E-state index is 0.579. The molecule has 0 saturated carbocycles. The third kappa shape index (κ3) is 3.45. The van der Waals surface area contributed by atoms with E-state index < -0.39 is 0 Å². The molecule has 3 aromatic rings. The highest BCUT2D eigenvalue weighted by molar-refractivity contribution is 9.10. The summed E-state index contributed by atoms with van der Waals surface area (Å²) in [5.74, 6) is 1.78. The number of aryl methyl sites for hydroxylation is 1. The van der Waals surface area contributed by atoms with Gasteiger partial charge < -0.3 is 10.3 Å². The highest BCUT2D eigenvalue weighted by Gasteiger charge is 2.12. The van der Waals surface area contributed by atoms with Crippen molar-refractivity contribution >= 4 is 44.2 Å². The Labute approximate surface area is 138 Å². The van der Waals surface area contributed by atoms with Crippen molar-refractivity contribution in [2.24, 2.45) is 0 Å². The summed E-state index contributed by atoms with van der Waals surface area (Å²) in [6.45, 7) is 1.94. The molecule has 0 saturated heterocycles. The van der Waals surface area contributed by atoms with Crippen molar-refractivity contribution < 1.29 is 4.52 Å². The molecule has 8 heteroatoms. The second-order valence-corrected chi connectivity index (χ2v) is 7.43. The number of aromatic nitrogens is 3. The van der Waals surface area contributed by atoms with E-state index in [2.05, 4.69) is 31.1 Å². The molecule has 0 unspecified atom stereocenters. The molecule has 1 aromatic carbocycles. The molecule has 0 aliphatic carbocycles. The third-order valence-corrected chi connectivity index (χ3v) is 5.48. The van der Waals surface area contributed by atoms with Gasteiger partial charge in [0.05, 0.1) is 15.7 Å². The van der Waals surface area contributed by atoms with Gasteiger partial charge in [0, 0.05) is 10.0 Å². The maximum Gasteiger partial charge on any atom is 0.237 e. The summed E-state index contributed by atoms with van der Waals surface area (Å²) >= 11 is 6.51. The molecule has 2 aromatic heterocycles. The molecule has 5 nitrogen and oxygen atoms in total. The molecule has 0 radical (unpaired) electrons. The largest absolute Gasteiger partial charge is 0.375 e. The first kappa shape index (κ1) is 14.6. The van der Waals surface area contributed by atoms with E-state index in [4.69, 9.17) is 10.3 Å². The van der Waals surface area contributed by atoms with Crippen LogP contribution in [0.4, 0.5) is 5.13 Å². The molecule has 2 N–H and O–H groups in total. The van der Waals surface area contributed by atoms with Crippen LogP contribution in [0.25, 0.3) is 11.4 Å². The van der Waals surface area contributed by atoms with Crippen LogP contribution in [0.5, 0.6) is 0 Å². The SMILES string of the molecule is Cc1nc(N)sc1SCc1nc(-c2cccc(Br)c2)no1. The first-order valence-corrected chi connectivity index (χ1v) is 8.65. The molecular weight excluding hydrogens is 372 g/mol. The zero-order valence-electron chi connectivity index (χ0n) is 11.0. The quantitative estimate of drug-likeness (QED) is 0.683. The van der Waals surface area contributed by atoms with Crippen molar-refractivity contribution in [3.8, 4) is 11.4 Å². The van der Waals surface area contributed by atoms with Gasteiger partial charge in [0.15, 0.2) is 5.13 Å². The van der Waals surface area contributed by atoms with Crippen LogP contribution >= 0.6 is 39.0 Å². The standard InChI is InChI=1S/C13H11BrN4OS2/c1-7-12(21-13(15)16-7)20-6-10-17-11(18-19-10)8-3-2-4-9(14)5-8/h2-5H,6H2,1H3,(H2,15,16). The fraction of sp³-hybridized carbons (Fsp3) is 0.154. The fourth-order valence-electron chi connectivity index (χ4n) is 1.72. The van der Waals surface area contributed by atoms with Crippen LogP contribution < -0.4 is 5.73 Å². The minimum atomic E-state index is 0.579. The smallest absolute Gasteiger partial charge is 0.237 e. The van der Waals surface area contributed by atoms with E-state index in [1.807, 2.05) is 31.2 Å². The Kier molecular flexibility index (Phi) is 4.27. The molecule has 0 bridgehead atoms. The van der Waals surface area contributed by atoms with E-state index in [1.165, 1.54) is 11.3 Å². The number of anilines is 1. The molecule has 0 amide bonds. The van der Waals surface area contributed by atoms with Crippen LogP contribution in [-0.4, -0.2) is 15.1 Å². The molecule has 0 atom stereocenters. The average Bonchev–Trinajstić information content (AvgIpc) is 3.03. The van der Waals surface area contributed by atoms with Crippen LogP contribution in [0.15, 0.2) is 37.5 Å². The van der Waals surface area contributed by atoms with Gasteiger partial charge in [0.25, 0.3) is 0 Å². The van der Waals surface area contributed by atoms with E-state index in [9.17, 15) is 0 Å². The Hall–Kier alpha value is -1.38. The van der Waals surface area contributed by atoms with Crippen molar-refractivity contribution in [1.29, 1.82) is 0 Å². The number of thioether (sulfide) groups is 1. The van der Waals surface area contributed by atoms with E-state index >= 15 is 0 Å². The Morgan fingerprint density at radius 3 is 2.95 bits per heavy atom. The summed E-state index contributed by atoms with van der Waals surface area (Å²) in [5, 5.41) is 4.59. The number of hydrogen-bond donors (Lipinski definition) is 1. The lowest BCUT2D eigenvalue weighted by Crippen LogP contribution is -1.83. The lowest BCUT2D eigenvalue weighted by atomic mass is 10.2. The van der Waals surface area contributed by atoms with E-state index in [-0.39, 0.29) is 0 Å².